The number of rotatable bonds is 1. The lowest BCUT2D eigenvalue weighted by molar-refractivity contribution is -0.140. The molecule has 104 valence electrons. The van der Waals surface area contributed by atoms with Gasteiger partial charge in [0.25, 0.3) is 0 Å². The van der Waals surface area contributed by atoms with Crippen LogP contribution in [0, 0.1) is 24.7 Å². The highest BCUT2D eigenvalue weighted by Crippen LogP contribution is 2.65. The summed E-state index contributed by atoms with van der Waals surface area (Å²) in [7, 11) is 0. The molecule has 0 unspecified atom stereocenters. The molecule has 1 aromatic carbocycles. The molecule has 20 heavy (non-hydrogen) atoms. The van der Waals surface area contributed by atoms with E-state index >= 15 is 0 Å². The van der Waals surface area contributed by atoms with Crippen molar-refractivity contribution in [2.75, 3.05) is 0 Å². The number of benzene rings is 1. The van der Waals surface area contributed by atoms with Crippen LogP contribution in [0.1, 0.15) is 35.2 Å². The lowest BCUT2D eigenvalue weighted by Crippen LogP contribution is -2.43. The lowest BCUT2D eigenvalue weighted by Gasteiger charge is -2.37. The molecule has 2 saturated carbocycles. The van der Waals surface area contributed by atoms with Gasteiger partial charge in [0.2, 0.25) is 0 Å². The first-order valence-electron chi connectivity index (χ1n) is 7.07. The van der Waals surface area contributed by atoms with Crippen LogP contribution in [-0.4, -0.2) is 22.5 Å². The summed E-state index contributed by atoms with van der Waals surface area (Å²) in [5.74, 6) is -0.130. The Bertz CT molecular complexity index is 635. The molecule has 4 heteroatoms. The minimum Gasteiger partial charge on any atom is -0.486 e. The van der Waals surface area contributed by atoms with E-state index in [2.05, 4.69) is 0 Å². The summed E-state index contributed by atoms with van der Waals surface area (Å²) in [5.41, 5.74) is 1.12. The fourth-order valence-corrected chi connectivity index (χ4v) is 4.26. The molecule has 0 radical (unpaired) electrons. The number of ether oxygens (including phenoxy) is 1. The molecular weight excluding hydrogens is 256 g/mol. The first-order valence-corrected chi connectivity index (χ1v) is 7.07. The first kappa shape index (κ1) is 11.9. The third-order valence-corrected chi connectivity index (χ3v) is 5.17. The topological polar surface area (TPSA) is 63.6 Å². The van der Waals surface area contributed by atoms with Crippen molar-refractivity contribution in [3.05, 3.63) is 29.3 Å². The average Bonchev–Trinajstić information content (AvgIpc) is 3.05. The Morgan fingerprint density at radius 3 is 2.95 bits per heavy atom. The van der Waals surface area contributed by atoms with Gasteiger partial charge in [-0.05, 0) is 37.8 Å². The number of ketones is 1. The summed E-state index contributed by atoms with van der Waals surface area (Å²) in [6.07, 6.45) is 1.98. The third kappa shape index (κ3) is 1.42. The normalized spacial score (nSPS) is 37.2. The number of hydrogen-bond acceptors (Lipinski definition) is 3. The highest BCUT2D eigenvalue weighted by atomic mass is 16.5. The fourth-order valence-electron chi connectivity index (χ4n) is 4.26. The van der Waals surface area contributed by atoms with Crippen molar-refractivity contribution in [1.82, 2.24) is 0 Å². The highest BCUT2D eigenvalue weighted by Gasteiger charge is 2.70. The molecule has 4 atom stereocenters. The molecule has 4 nitrogen and oxygen atoms in total. The molecule has 2 fully saturated rings. The Morgan fingerprint density at radius 2 is 2.25 bits per heavy atom. The molecule has 0 saturated heterocycles. The number of carboxylic acid groups (broad SMARTS) is 1. The van der Waals surface area contributed by atoms with Gasteiger partial charge in [-0.3, -0.25) is 9.59 Å². The second-order valence-electron chi connectivity index (χ2n) is 6.36. The van der Waals surface area contributed by atoms with Crippen LogP contribution in [0.3, 0.4) is 0 Å². The Hall–Kier alpha value is -1.84. The zero-order valence-electron chi connectivity index (χ0n) is 11.3. The van der Waals surface area contributed by atoms with E-state index < -0.39 is 11.6 Å². The molecule has 3 aliphatic rings. The zero-order chi connectivity index (χ0) is 14.1. The molecule has 1 aliphatic heterocycles. The van der Waals surface area contributed by atoms with Gasteiger partial charge >= 0.3 is 5.97 Å². The predicted octanol–water partition coefficient (Wildman–Crippen LogP) is 2.44. The summed E-state index contributed by atoms with van der Waals surface area (Å²) in [6.45, 7) is 1.95. The van der Waals surface area contributed by atoms with Gasteiger partial charge in [0, 0.05) is 5.92 Å². The average molecular weight is 272 g/mol. The molecule has 0 bridgehead atoms. The van der Waals surface area contributed by atoms with E-state index in [1.165, 1.54) is 0 Å². The standard InChI is InChI=1S/C16H16O4/c1-8-2-3-12-10(6-8)11(17)7-16(20-12)5-4-9-13(14(9)16)15(18)19/h2-3,6,9,13-14H,4-5,7H2,1H3,(H,18,19)/t9-,13+,14+,16-/m0/s1. The van der Waals surface area contributed by atoms with Gasteiger partial charge in [-0.25, -0.2) is 0 Å². The molecule has 1 heterocycles. The van der Waals surface area contributed by atoms with E-state index in [0.717, 1.165) is 18.4 Å². The molecule has 4 rings (SSSR count). The monoisotopic (exact) mass is 272 g/mol. The molecule has 0 aromatic heterocycles. The zero-order valence-corrected chi connectivity index (χ0v) is 11.3. The van der Waals surface area contributed by atoms with Gasteiger partial charge in [0.15, 0.2) is 5.78 Å². The second-order valence-corrected chi connectivity index (χ2v) is 6.36. The number of aryl methyl sites for hydroxylation is 1. The third-order valence-electron chi connectivity index (χ3n) is 5.17. The van der Waals surface area contributed by atoms with Crippen LogP contribution in [0.25, 0.3) is 0 Å². The Labute approximate surface area is 116 Å². The van der Waals surface area contributed by atoms with Crippen LogP contribution >= 0.6 is 0 Å². The van der Waals surface area contributed by atoms with Crippen molar-refractivity contribution in [3.63, 3.8) is 0 Å². The maximum absolute atomic E-state index is 12.4. The number of aliphatic carboxylic acids is 1. The van der Waals surface area contributed by atoms with Gasteiger partial charge in [0.05, 0.1) is 17.9 Å². The number of carbonyl (C=O) groups is 2. The van der Waals surface area contributed by atoms with Crippen LogP contribution < -0.4 is 4.74 Å². The Kier molecular flexibility index (Phi) is 2.16. The number of carbonyl (C=O) groups excluding carboxylic acids is 1. The van der Waals surface area contributed by atoms with Crippen molar-refractivity contribution in [1.29, 1.82) is 0 Å². The minimum atomic E-state index is -0.746. The van der Waals surface area contributed by atoms with Crippen LogP contribution in [0.15, 0.2) is 18.2 Å². The maximum Gasteiger partial charge on any atom is 0.307 e. The van der Waals surface area contributed by atoms with Crippen molar-refractivity contribution in [3.8, 4) is 5.75 Å². The Morgan fingerprint density at radius 1 is 1.45 bits per heavy atom. The van der Waals surface area contributed by atoms with E-state index in [0.29, 0.717) is 17.7 Å². The molecule has 0 amide bonds. The summed E-state index contributed by atoms with van der Waals surface area (Å²) in [4.78, 5) is 23.6. The number of Topliss-reactive ketones (excluding diaryl/α,β-unsaturated/α-hetero) is 1. The van der Waals surface area contributed by atoms with E-state index in [4.69, 9.17) is 4.74 Å². The largest absolute Gasteiger partial charge is 0.486 e. The van der Waals surface area contributed by atoms with Crippen LogP contribution in [0.2, 0.25) is 0 Å². The van der Waals surface area contributed by atoms with Crippen LogP contribution in [-0.2, 0) is 4.79 Å². The minimum absolute atomic E-state index is 0.0124. The van der Waals surface area contributed by atoms with E-state index in [9.17, 15) is 14.7 Å². The summed E-state index contributed by atoms with van der Waals surface area (Å²) in [6, 6.07) is 5.63. The second kappa shape index (κ2) is 3.62. The van der Waals surface area contributed by atoms with Crippen molar-refractivity contribution < 1.29 is 19.4 Å². The number of carboxylic acids is 1. The van der Waals surface area contributed by atoms with Gasteiger partial charge in [0.1, 0.15) is 11.4 Å². The smallest absolute Gasteiger partial charge is 0.307 e. The fraction of sp³-hybridized carbons (Fsp3) is 0.500. The SMILES string of the molecule is Cc1ccc2c(c1)C(=O)C[C@]1(CC[C@H]3[C@@H](C(=O)O)[C@@H]31)O2. The quantitative estimate of drug-likeness (QED) is 0.852. The summed E-state index contributed by atoms with van der Waals surface area (Å²) in [5, 5.41) is 9.23. The first-order chi connectivity index (χ1) is 9.52. The Balaban J connectivity index is 1.72. The number of fused-ring (bicyclic) bond motifs is 3. The maximum atomic E-state index is 12.4. The van der Waals surface area contributed by atoms with Crippen molar-refractivity contribution in [2.45, 2.75) is 31.8 Å². The molecule has 2 aliphatic carbocycles. The van der Waals surface area contributed by atoms with Gasteiger partial charge in [-0.2, -0.15) is 0 Å². The van der Waals surface area contributed by atoms with Crippen molar-refractivity contribution in [2.24, 2.45) is 17.8 Å². The highest BCUT2D eigenvalue weighted by molar-refractivity contribution is 6.00. The van der Waals surface area contributed by atoms with Crippen LogP contribution in [0.4, 0.5) is 0 Å². The van der Waals surface area contributed by atoms with E-state index in [-0.39, 0.29) is 23.5 Å². The molecule has 1 N–H and O–H groups in total. The van der Waals surface area contributed by atoms with Crippen LogP contribution in [0.5, 0.6) is 5.75 Å². The van der Waals surface area contributed by atoms with Gasteiger partial charge < -0.3 is 9.84 Å². The van der Waals surface area contributed by atoms with Crippen molar-refractivity contribution >= 4 is 11.8 Å². The molecular formula is C16H16O4. The molecule has 1 spiro atoms. The predicted molar refractivity (Wildman–Crippen MR) is 70.8 cm³/mol. The van der Waals surface area contributed by atoms with E-state index in [1.54, 1.807) is 0 Å². The van der Waals surface area contributed by atoms with E-state index in [1.807, 2.05) is 25.1 Å². The lowest BCUT2D eigenvalue weighted by atomic mass is 9.84. The molecule has 1 aromatic rings. The van der Waals surface area contributed by atoms with Gasteiger partial charge in [-0.15, -0.1) is 0 Å². The van der Waals surface area contributed by atoms with Gasteiger partial charge in [-0.1, -0.05) is 11.6 Å². The summed E-state index contributed by atoms with van der Waals surface area (Å²) < 4.78 is 6.16. The number of hydrogen-bond donors (Lipinski definition) is 1. The summed E-state index contributed by atoms with van der Waals surface area (Å²) >= 11 is 0.